The van der Waals surface area contributed by atoms with Crippen molar-refractivity contribution >= 4 is 5.69 Å². The van der Waals surface area contributed by atoms with E-state index in [9.17, 15) is 4.79 Å². The minimum absolute atomic E-state index is 0.00239. The third-order valence-electron chi connectivity index (χ3n) is 3.75. The highest BCUT2D eigenvalue weighted by atomic mass is 16.1. The third kappa shape index (κ3) is 3.14. The second-order valence-corrected chi connectivity index (χ2v) is 5.47. The summed E-state index contributed by atoms with van der Waals surface area (Å²) in [6.45, 7) is 3.57. The lowest BCUT2D eigenvalue weighted by atomic mass is 10.0. The topological polar surface area (TPSA) is 61.9 Å². The van der Waals surface area contributed by atoms with Gasteiger partial charge in [0.25, 0.3) is 5.56 Å². The summed E-state index contributed by atoms with van der Waals surface area (Å²) in [5.74, 6) is 0. The Labute approximate surface area is 113 Å². The van der Waals surface area contributed by atoms with Crippen molar-refractivity contribution in [3.63, 3.8) is 0 Å². The van der Waals surface area contributed by atoms with Crippen molar-refractivity contribution in [3.8, 4) is 6.07 Å². The van der Waals surface area contributed by atoms with Crippen LogP contribution in [0.3, 0.4) is 0 Å². The molecule has 5 heteroatoms. The molecule has 0 atom stereocenters. The van der Waals surface area contributed by atoms with Crippen molar-refractivity contribution in [2.45, 2.75) is 39.2 Å². The fraction of sp³-hybridized carbons (Fsp3) is 0.643. The van der Waals surface area contributed by atoms with Gasteiger partial charge in [0.15, 0.2) is 0 Å². The summed E-state index contributed by atoms with van der Waals surface area (Å²) in [5, 5.41) is 13.0. The summed E-state index contributed by atoms with van der Waals surface area (Å²) in [4.78, 5) is 14.1. The summed E-state index contributed by atoms with van der Waals surface area (Å²) >= 11 is 0. The van der Waals surface area contributed by atoms with Crippen LogP contribution < -0.4 is 10.5 Å². The molecule has 1 aromatic rings. The molecule has 2 rings (SSSR count). The molecule has 1 fully saturated rings. The van der Waals surface area contributed by atoms with Crippen molar-refractivity contribution < 1.29 is 0 Å². The van der Waals surface area contributed by atoms with Gasteiger partial charge in [0.05, 0.1) is 24.5 Å². The van der Waals surface area contributed by atoms with Crippen LogP contribution in [0.4, 0.5) is 5.69 Å². The zero-order valence-corrected chi connectivity index (χ0v) is 11.6. The zero-order chi connectivity index (χ0) is 13.9. The van der Waals surface area contributed by atoms with Crippen LogP contribution in [0.5, 0.6) is 0 Å². The molecule has 0 aromatic carbocycles. The lowest BCUT2D eigenvalue weighted by Gasteiger charge is -2.18. The lowest BCUT2D eigenvalue weighted by molar-refractivity contribution is 0.391. The summed E-state index contributed by atoms with van der Waals surface area (Å²) < 4.78 is 1.49. The summed E-state index contributed by atoms with van der Waals surface area (Å²) in [5.41, 5.74) is 0.778. The lowest BCUT2D eigenvalue weighted by Crippen LogP contribution is -2.28. The fourth-order valence-electron chi connectivity index (χ4n) is 2.27. The molecule has 1 heterocycles. The molecule has 0 aliphatic heterocycles. The van der Waals surface area contributed by atoms with E-state index < -0.39 is 0 Å². The Hall–Kier alpha value is -1.83. The fourth-order valence-corrected chi connectivity index (χ4v) is 2.27. The molecule has 19 heavy (non-hydrogen) atoms. The Morgan fingerprint density at radius 1 is 1.58 bits per heavy atom. The van der Waals surface area contributed by atoms with Crippen molar-refractivity contribution in [2.24, 2.45) is 5.41 Å². The molecule has 0 bridgehead atoms. The predicted molar refractivity (Wildman–Crippen MR) is 74.0 cm³/mol. The smallest absolute Gasteiger partial charge is 0.268 e. The van der Waals surface area contributed by atoms with Crippen LogP contribution in [-0.2, 0) is 6.54 Å². The highest BCUT2D eigenvalue weighted by Crippen LogP contribution is 2.49. The van der Waals surface area contributed by atoms with Crippen LogP contribution in [0.1, 0.15) is 32.6 Å². The van der Waals surface area contributed by atoms with E-state index in [1.165, 1.54) is 4.68 Å². The van der Waals surface area contributed by atoms with Gasteiger partial charge in [-0.3, -0.25) is 4.79 Å². The number of hydrogen-bond acceptors (Lipinski definition) is 4. The number of nitrogens with zero attached hydrogens (tertiary/aromatic N) is 4. The molecule has 0 spiro atoms. The van der Waals surface area contributed by atoms with Gasteiger partial charge in [-0.1, -0.05) is 6.92 Å². The van der Waals surface area contributed by atoms with E-state index in [2.05, 4.69) is 18.1 Å². The van der Waals surface area contributed by atoms with E-state index in [0.29, 0.717) is 13.0 Å². The molecule has 0 amide bonds. The SMILES string of the molecule is CCCN(C)c1cnn(CC2(CC#N)CC2)c(=O)c1. The van der Waals surface area contributed by atoms with Crippen LogP contribution >= 0.6 is 0 Å². The molecule has 1 saturated carbocycles. The molecule has 0 saturated heterocycles. The van der Waals surface area contributed by atoms with Gasteiger partial charge >= 0.3 is 0 Å². The van der Waals surface area contributed by atoms with E-state index >= 15 is 0 Å². The first-order valence-electron chi connectivity index (χ1n) is 6.75. The Bertz CT molecular complexity index is 539. The molecule has 0 radical (unpaired) electrons. The van der Waals surface area contributed by atoms with Crippen LogP contribution in [0.2, 0.25) is 0 Å². The van der Waals surface area contributed by atoms with Crippen LogP contribution in [-0.4, -0.2) is 23.4 Å². The van der Waals surface area contributed by atoms with E-state index in [1.807, 2.05) is 11.9 Å². The van der Waals surface area contributed by atoms with Gasteiger partial charge in [0.1, 0.15) is 0 Å². The highest BCUT2D eigenvalue weighted by Gasteiger charge is 2.43. The Morgan fingerprint density at radius 3 is 2.84 bits per heavy atom. The Balaban J connectivity index is 2.12. The van der Waals surface area contributed by atoms with E-state index in [-0.39, 0.29) is 11.0 Å². The van der Waals surface area contributed by atoms with Gasteiger partial charge in [-0.25, -0.2) is 4.68 Å². The maximum atomic E-state index is 12.0. The maximum absolute atomic E-state index is 12.0. The number of hydrogen-bond donors (Lipinski definition) is 0. The van der Waals surface area contributed by atoms with Crippen molar-refractivity contribution in [1.82, 2.24) is 9.78 Å². The molecule has 102 valence electrons. The summed E-state index contributed by atoms with van der Waals surface area (Å²) in [6, 6.07) is 3.84. The number of aromatic nitrogens is 2. The van der Waals surface area contributed by atoms with Crippen LogP contribution in [0.25, 0.3) is 0 Å². The van der Waals surface area contributed by atoms with Gasteiger partial charge in [-0.15, -0.1) is 0 Å². The predicted octanol–water partition coefficient (Wildman–Crippen LogP) is 1.78. The Morgan fingerprint density at radius 2 is 2.32 bits per heavy atom. The zero-order valence-electron chi connectivity index (χ0n) is 11.6. The maximum Gasteiger partial charge on any atom is 0.268 e. The normalized spacial score (nSPS) is 15.8. The first-order chi connectivity index (χ1) is 9.10. The minimum atomic E-state index is -0.0790. The number of nitriles is 1. The van der Waals surface area contributed by atoms with Gasteiger partial charge in [0, 0.05) is 31.5 Å². The molecule has 1 aromatic heterocycles. The number of rotatable bonds is 6. The van der Waals surface area contributed by atoms with Gasteiger partial charge in [-0.2, -0.15) is 10.4 Å². The largest absolute Gasteiger partial charge is 0.373 e. The first-order valence-corrected chi connectivity index (χ1v) is 6.75. The quantitative estimate of drug-likeness (QED) is 0.782. The number of anilines is 1. The minimum Gasteiger partial charge on any atom is -0.373 e. The van der Waals surface area contributed by atoms with Crippen molar-refractivity contribution in [1.29, 1.82) is 5.26 Å². The van der Waals surface area contributed by atoms with Gasteiger partial charge in [-0.05, 0) is 19.3 Å². The second-order valence-electron chi connectivity index (χ2n) is 5.47. The molecule has 1 aliphatic rings. The standard InChI is InChI=1S/C14H20N4O/c1-3-8-17(2)12-9-13(19)18(16-10-12)11-14(4-5-14)6-7-15/h9-10H,3-6,8,11H2,1-2H3. The summed E-state index contributed by atoms with van der Waals surface area (Å²) in [7, 11) is 1.96. The van der Waals surface area contributed by atoms with Crippen molar-refractivity contribution in [2.75, 3.05) is 18.5 Å². The van der Waals surface area contributed by atoms with Crippen molar-refractivity contribution in [3.05, 3.63) is 22.6 Å². The third-order valence-corrected chi connectivity index (χ3v) is 3.75. The molecular formula is C14H20N4O. The van der Waals surface area contributed by atoms with E-state index in [4.69, 9.17) is 5.26 Å². The first kappa shape index (κ1) is 13.6. The van der Waals surface area contributed by atoms with Crippen LogP contribution in [0.15, 0.2) is 17.1 Å². The average molecular weight is 260 g/mol. The average Bonchev–Trinajstić information content (AvgIpc) is 3.12. The Kier molecular flexibility index (Phi) is 3.89. The molecule has 1 aliphatic carbocycles. The summed E-state index contributed by atoms with van der Waals surface area (Å²) in [6.07, 6.45) is 5.32. The molecule has 0 unspecified atom stereocenters. The second kappa shape index (κ2) is 5.43. The van der Waals surface area contributed by atoms with Gasteiger partial charge < -0.3 is 4.90 Å². The van der Waals surface area contributed by atoms with Gasteiger partial charge in [0.2, 0.25) is 0 Å². The highest BCUT2D eigenvalue weighted by molar-refractivity contribution is 5.41. The molecule has 5 nitrogen and oxygen atoms in total. The molecule has 0 N–H and O–H groups in total. The monoisotopic (exact) mass is 260 g/mol. The molecular weight excluding hydrogens is 240 g/mol. The van der Waals surface area contributed by atoms with E-state index in [1.54, 1.807) is 12.3 Å². The van der Waals surface area contributed by atoms with E-state index in [0.717, 1.165) is 31.5 Å². The van der Waals surface area contributed by atoms with Crippen LogP contribution in [0, 0.1) is 16.7 Å².